The first kappa shape index (κ1) is 26.7. The monoisotopic (exact) mass is 519 g/mol. The van der Waals surface area contributed by atoms with Gasteiger partial charge in [0, 0.05) is 6.54 Å². The van der Waals surface area contributed by atoms with Crippen LogP contribution in [-0.2, 0) is 16.0 Å². The van der Waals surface area contributed by atoms with Crippen molar-refractivity contribution < 1.29 is 33.3 Å². The molecule has 1 aliphatic rings. The highest BCUT2D eigenvalue weighted by Gasteiger charge is 2.46. The lowest BCUT2D eigenvalue weighted by atomic mass is 9.93. The smallest absolute Gasteiger partial charge is 0.295 e. The summed E-state index contributed by atoms with van der Waals surface area (Å²) in [6.07, 6.45) is 0.379. The second kappa shape index (κ2) is 11.0. The van der Waals surface area contributed by atoms with Crippen molar-refractivity contribution in [2.45, 2.75) is 26.3 Å². The van der Waals surface area contributed by atoms with Crippen LogP contribution in [0.25, 0.3) is 5.76 Å². The lowest BCUT2D eigenvalue weighted by Crippen LogP contribution is -2.31. The second-order valence-electron chi connectivity index (χ2n) is 9.15. The van der Waals surface area contributed by atoms with E-state index in [2.05, 4.69) is 0 Å². The molecule has 0 saturated carbocycles. The quantitative estimate of drug-likeness (QED) is 0.252. The van der Waals surface area contributed by atoms with E-state index in [9.17, 15) is 19.1 Å². The van der Waals surface area contributed by atoms with Crippen LogP contribution in [0.2, 0.25) is 0 Å². The first-order chi connectivity index (χ1) is 18.2. The van der Waals surface area contributed by atoms with Crippen molar-refractivity contribution >= 4 is 17.4 Å². The highest BCUT2D eigenvalue weighted by atomic mass is 19.1. The maximum atomic E-state index is 13.5. The molecule has 0 aliphatic carbocycles. The highest BCUT2D eigenvalue weighted by Crippen LogP contribution is 2.43. The molecule has 0 spiro atoms. The number of aliphatic hydroxyl groups is 1. The lowest BCUT2D eigenvalue weighted by Gasteiger charge is -2.26. The van der Waals surface area contributed by atoms with Crippen molar-refractivity contribution in [3.63, 3.8) is 0 Å². The number of carbonyl (C=O) groups excluding carboxylic acids is 2. The fourth-order valence-electron chi connectivity index (χ4n) is 4.93. The maximum absolute atomic E-state index is 13.5. The van der Waals surface area contributed by atoms with Crippen molar-refractivity contribution in [2.75, 3.05) is 27.9 Å². The van der Waals surface area contributed by atoms with Crippen LogP contribution >= 0.6 is 0 Å². The van der Waals surface area contributed by atoms with E-state index in [-0.39, 0.29) is 23.7 Å². The van der Waals surface area contributed by atoms with Crippen molar-refractivity contribution in [1.82, 2.24) is 4.90 Å². The third kappa shape index (κ3) is 4.94. The Balaban J connectivity index is 1.88. The normalized spacial score (nSPS) is 16.6. The van der Waals surface area contributed by atoms with Gasteiger partial charge in [-0.05, 0) is 72.9 Å². The number of aliphatic hydroxyl groups excluding tert-OH is 1. The standard InChI is InChI=1S/C30H30FNO6/c1-17-14-18(2)29(38-5)22(15-17)27(33)25-26(20-8-11-23(36-3)24(16-20)37-4)32(30(35)28(25)34)13-12-19-6-9-21(31)10-7-19/h6-11,14-16,26,33H,12-13H2,1-5H3/b27-25+. The van der Waals surface area contributed by atoms with Crippen LogP contribution in [0.15, 0.2) is 60.2 Å². The van der Waals surface area contributed by atoms with Crippen LogP contribution < -0.4 is 14.2 Å². The van der Waals surface area contributed by atoms with E-state index in [1.165, 1.54) is 38.4 Å². The summed E-state index contributed by atoms with van der Waals surface area (Å²) < 4.78 is 29.8. The zero-order valence-corrected chi connectivity index (χ0v) is 22.0. The van der Waals surface area contributed by atoms with E-state index in [0.717, 1.165) is 16.7 Å². The molecule has 1 saturated heterocycles. The highest BCUT2D eigenvalue weighted by molar-refractivity contribution is 6.46. The third-order valence-corrected chi connectivity index (χ3v) is 6.70. The summed E-state index contributed by atoms with van der Waals surface area (Å²) in [7, 11) is 4.49. The van der Waals surface area contributed by atoms with Gasteiger partial charge in [0.05, 0.1) is 38.5 Å². The Bertz CT molecular complexity index is 1410. The number of halogens is 1. The van der Waals surface area contributed by atoms with Crippen molar-refractivity contribution in [2.24, 2.45) is 0 Å². The Morgan fingerprint density at radius 2 is 1.61 bits per heavy atom. The van der Waals surface area contributed by atoms with Gasteiger partial charge in [0.25, 0.3) is 11.7 Å². The van der Waals surface area contributed by atoms with Crippen molar-refractivity contribution in [3.05, 3.63) is 93.8 Å². The van der Waals surface area contributed by atoms with Gasteiger partial charge in [0.15, 0.2) is 11.5 Å². The minimum Gasteiger partial charge on any atom is -0.507 e. The molecule has 0 bridgehead atoms. The van der Waals surface area contributed by atoms with Gasteiger partial charge < -0.3 is 24.2 Å². The molecule has 7 nitrogen and oxygen atoms in total. The van der Waals surface area contributed by atoms with Crippen LogP contribution in [0.1, 0.15) is 33.9 Å². The number of benzene rings is 3. The summed E-state index contributed by atoms with van der Waals surface area (Å²) in [6.45, 7) is 3.88. The molecule has 1 atom stereocenters. The fraction of sp³-hybridized carbons (Fsp3) is 0.267. The summed E-state index contributed by atoms with van der Waals surface area (Å²) in [5.74, 6) is -0.914. The van der Waals surface area contributed by atoms with Gasteiger partial charge in [-0.25, -0.2) is 4.39 Å². The number of aryl methyl sites for hydroxylation is 2. The number of ether oxygens (including phenoxy) is 3. The van der Waals surface area contributed by atoms with Gasteiger partial charge in [-0.1, -0.05) is 24.3 Å². The van der Waals surface area contributed by atoms with Crippen molar-refractivity contribution in [1.29, 1.82) is 0 Å². The number of carbonyl (C=O) groups is 2. The Kier molecular flexibility index (Phi) is 7.71. The average Bonchev–Trinajstić information content (AvgIpc) is 3.16. The van der Waals surface area contributed by atoms with Crippen LogP contribution in [0.4, 0.5) is 4.39 Å². The lowest BCUT2D eigenvalue weighted by molar-refractivity contribution is -0.139. The first-order valence-corrected chi connectivity index (χ1v) is 12.1. The van der Waals surface area contributed by atoms with E-state index < -0.39 is 17.7 Å². The number of ketones is 1. The van der Waals surface area contributed by atoms with E-state index in [1.54, 1.807) is 36.4 Å². The minimum atomic E-state index is -0.902. The molecular weight excluding hydrogens is 489 g/mol. The van der Waals surface area contributed by atoms with E-state index in [0.29, 0.717) is 34.8 Å². The average molecular weight is 520 g/mol. The molecule has 1 aliphatic heterocycles. The molecule has 4 rings (SSSR count). The number of hydrogen-bond acceptors (Lipinski definition) is 6. The second-order valence-corrected chi connectivity index (χ2v) is 9.15. The zero-order valence-electron chi connectivity index (χ0n) is 22.0. The summed E-state index contributed by atoms with van der Waals surface area (Å²) in [6, 6.07) is 13.8. The summed E-state index contributed by atoms with van der Waals surface area (Å²) in [5, 5.41) is 11.6. The van der Waals surface area contributed by atoms with Gasteiger partial charge in [-0.2, -0.15) is 0 Å². The Morgan fingerprint density at radius 1 is 0.921 bits per heavy atom. The third-order valence-electron chi connectivity index (χ3n) is 6.70. The van der Waals surface area contributed by atoms with Crippen LogP contribution in [0.3, 0.4) is 0 Å². The summed E-state index contributed by atoms with van der Waals surface area (Å²) in [5.41, 5.74) is 3.28. The number of methoxy groups -OCH3 is 3. The minimum absolute atomic E-state index is 0.0513. The van der Waals surface area contributed by atoms with Gasteiger partial charge in [0.1, 0.15) is 17.3 Å². The van der Waals surface area contributed by atoms with Crippen LogP contribution in [0, 0.1) is 19.7 Å². The molecule has 1 heterocycles. The van der Waals surface area contributed by atoms with Crippen LogP contribution in [0.5, 0.6) is 17.2 Å². The predicted octanol–water partition coefficient (Wildman–Crippen LogP) is 5.13. The topological polar surface area (TPSA) is 85.3 Å². The van der Waals surface area contributed by atoms with Crippen LogP contribution in [-0.4, -0.2) is 49.6 Å². The Morgan fingerprint density at radius 3 is 2.24 bits per heavy atom. The number of amides is 1. The Labute approximate surface area is 221 Å². The SMILES string of the molecule is COc1ccc(C2/C(=C(\O)c3cc(C)cc(C)c3OC)C(=O)C(=O)N2CCc2ccc(F)cc2)cc1OC. The molecule has 1 unspecified atom stereocenters. The predicted molar refractivity (Wildman–Crippen MR) is 141 cm³/mol. The van der Waals surface area contributed by atoms with E-state index >= 15 is 0 Å². The molecule has 1 fully saturated rings. The molecule has 0 radical (unpaired) electrons. The van der Waals surface area contributed by atoms with E-state index in [1.807, 2.05) is 19.9 Å². The Hall–Kier alpha value is -4.33. The molecule has 8 heteroatoms. The molecule has 198 valence electrons. The molecule has 1 amide bonds. The zero-order chi connectivity index (χ0) is 27.6. The number of rotatable bonds is 8. The number of hydrogen-bond donors (Lipinski definition) is 1. The molecule has 0 aromatic heterocycles. The number of nitrogens with zero attached hydrogens (tertiary/aromatic N) is 1. The van der Waals surface area contributed by atoms with Gasteiger partial charge in [-0.3, -0.25) is 9.59 Å². The molecule has 3 aromatic rings. The van der Waals surface area contributed by atoms with Gasteiger partial charge in [0.2, 0.25) is 0 Å². The largest absolute Gasteiger partial charge is 0.507 e. The first-order valence-electron chi connectivity index (χ1n) is 12.1. The molecule has 3 aromatic carbocycles. The van der Waals surface area contributed by atoms with Crippen molar-refractivity contribution in [3.8, 4) is 17.2 Å². The number of likely N-dealkylation sites (tertiary alicyclic amines) is 1. The summed E-state index contributed by atoms with van der Waals surface area (Å²) >= 11 is 0. The summed E-state index contributed by atoms with van der Waals surface area (Å²) in [4.78, 5) is 28.2. The van der Waals surface area contributed by atoms with Gasteiger partial charge in [-0.15, -0.1) is 0 Å². The molecule has 1 N–H and O–H groups in total. The number of Topliss-reactive ketones (excluding diaryl/α,β-unsaturated/α-hetero) is 1. The van der Waals surface area contributed by atoms with Gasteiger partial charge >= 0.3 is 0 Å². The maximum Gasteiger partial charge on any atom is 0.295 e. The molecular formula is C30H30FNO6. The molecule has 38 heavy (non-hydrogen) atoms. The van der Waals surface area contributed by atoms with E-state index in [4.69, 9.17) is 14.2 Å². The fourth-order valence-corrected chi connectivity index (χ4v) is 4.93.